The lowest BCUT2D eigenvalue weighted by Crippen LogP contribution is -2.11. The quantitative estimate of drug-likeness (QED) is 0.895. The average molecular weight is 254 g/mol. The van der Waals surface area contributed by atoms with Crippen LogP contribution in [-0.4, -0.2) is 15.3 Å². The molecule has 0 atom stereocenters. The second kappa shape index (κ2) is 4.59. The first kappa shape index (κ1) is 11.0. The van der Waals surface area contributed by atoms with Crippen LogP contribution >= 0.6 is 23.1 Å². The van der Waals surface area contributed by atoms with Gasteiger partial charge in [-0.15, -0.1) is 0 Å². The van der Waals surface area contributed by atoms with Crippen molar-refractivity contribution < 1.29 is 4.79 Å². The molecule has 2 aromatic rings. The zero-order chi connectivity index (χ0) is 11.5. The fourth-order valence-electron chi connectivity index (χ4n) is 1.12. The normalized spacial score (nSPS) is 10.1. The predicted molar refractivity (Wildman–Crippen MR) is 64.1 cm³/mol. The number of aromatic nitrogens is 2. The molecule has 0 spiro atoms. The molecule has 6 heteroatoms. The molecule has 16 heavy (non-hydrogen) atoms. The molecular formula is C10H8ClN3OS. The number of hydrogen-bond donors (Lipinski definition) is 1. The van der Waals surface area contributed by atoms with Crippen LogP contribution in [0.25, 0.3) is 0 Å². The van der Waals surface area contributed by atoms with E-state index >= 15 is 0 Å². The molecule has 1 N–H and O–H groups in total. The van der Waals surface area contributed by atoms with Crippen LogP contribution in [0.15, 0.2) is 24.3 Å². The molecule has 0 unspecified atom stereocenters. The summed E-state index contributed by atoms with van der Waals surface area (Å²) in [5, 5.41) is 3.76. The van der Waals surface area contributed by atoms with Gasteiger partial charge >= 0.3 is 0 Å². The van der Waals surface area contributed by atoms with Gasteiger partial charge in [-0.25, -0.2) is 4.98 Å². The molecule has 1 aromatic heterocycles. The van der Waals surface area contributed by atoms with Crippen molar-refractivity contribution in [1.29, 1.82) is 0 Å². The molecule has 82 valence electrons. The van der Waals surface area contributed by atoms with Gasteiger partial charge in [-0.2, -0.15) is 4.37 Å². The van der Waals surface area contributed by atoms with Gasteiger partial charge in [0, 0.05) is 22.1 Å². The Balaban J connectivity index is 2.11. The van der Waals surface area contributed by atoms with E-state index in [1.807, 2.05) is 0 Å². The number of carbonyl (C=O) groups excluding carboxylic acids is 1. The van der Waals surface area contributed by atoms with Crippen LogP contribution in [-0.2, 0) is 0 Å². The lowest BCUT2D eigenvalue weighted by atomic mass is 10.2. The molecule has 0 bridgehead atoms. The van der Waals surface area contributed by atoms with E-state index in [-0.39, 0.29) is 5.91 Å². The maximum absolute atomic E-state index is 11.7. The number of rotatable bonds is 2. The Kier molecular flexibility index (Phi) is 3.17. The fraction of sp³-hybridized carbons (Fsp3) is 0.100. The van der Waals surface area contributed by atoms with Gasteiger partial charge in [-0.05, 0) is 31.2 Å². The minimum absolute atomic E-state index is 0.215. The highest BCUT2D eigenvalue weighted by molar-refractivity contribution is 7.09. The lowest BCUT2D eigenvalue weighted by Gasteiger charge is -2.00. The van der Waals surface area contributed by atoms with Crippen molar-refractivity contribution in [2.75, 3.05) is 5.32 Å². The van der Waals surface area contributed by atoms with Crippen molar-refractivity contribution in [3.63, 3.8) is 0 Å². The number of nitrogens with one attached hydrogen (secondary N) is 1. The number of anilines is 1. The first-order chi connectivity index (χ1) is 7.65. The summed E-state index contributed by atoms with van der Waals surface area (Å²) in [6.45, 7) is 1.77. The van der Waals surface area contributed by atoms with Crippen LogP contribution in [0.1, 0.15) is 16.2 Å². The van der Waals surface area contributed by atoms with E-state index in [1.165, 1.54) is 0 Å². The van der Waals surface area contributed by atoms with Gasteiger partial charge in [0.25, 0.3) is 5.91 Å². The maximum Gasteiger partial charge on any atom is 0.257 e. The van der Waals surface area contributed by atoms with Crippen molar-refractivity contribution in [3.8, 4) is 0 Å². The topological polar surface area (TPSA) is 54.9 Å². The predicted octanol–water partition coefficient (Wildman–Crippen LogP) is 2.75. The molecule has 4 nitrogen and oxygen atoms in total. The Morgan fingerprint density at radius 3 is 2.62 bits per heavy atom. The van der Waals surface area contributed by atoms with Gasteiger partial charge in [0.05, 0.1) is 0 Å². The van der Waals surface area contributed by atoms with Crippen molar-refractivity contribution >= 4 is 34.2 Å². The molecule has 2 rings (SSSR count). The summed E-state index contributed by atoms with van der Waals surface area (Å²) in [6, 6.07) is 6.65. The van der Waals surface area contributed by atoms with Crippen molar-refractivity contribution in [1.82, 2.24) is 9.36 Å². The number of carbonyl (C=O) groups is 1. The Bertz CT molecular complexity index is 509. The molecule has 0 aliphatic rings. The second-order valence-electron chi connectivity index (χ2n) is 3.11. The molecule has 1 heterocycles. The standard InChI is InChI=1S/C10H8ClN3OS/c1-6-12-10(16-14-6)13-9(15)7-2-4-8(11)5-3-7/h2-5H,1H3,(H,12,13,14,15). The zero-order valence-corrected chi connectivity index (χ0v) is 9.97. The molecular weight excluding hydrogens is 246 g/mol. The van der Waals surface area contributed by atoms with Gasteiger partial charge in [-0.1, -0.05) is 11.6 Å². The number of nitrogens with zero attached hydrogens (tertiary/aromatic N) is 2. The van der Waals surface area contributed by atoms with Crippen LogP contribution in [0.3, 0.4) is 0 Å². The monoisotopic (exact) mass is 253 g/mol. The highest BCUT2D eigenvalue weighted by Crippen LogP contribution is 2.14. The minimum atomic E-state index is -0.215. The Hall–Kier alpha value is -1.46. The fourth-order valence-corrected chi connectivity index (χ4v) is 1.82. The van der Waals surface area contributed by atoms with E-state index in [9.17, 15) is 4.79 Å². The van der Waals surface area contributed by atoms with Crippen LogP contribution in [0.5, 0.6) is 0 Å². The van der Waals surface area contributed by atoms with Crippen molar-refractivity contribution in [2.45, 2.75) is 6.92 Å². The highest BCUT2D eigenvalue weighted by atomic mass is 35.5. The Morgan fingerprint density at radius 2 is 2.06 bits per heavy atom. The van der Waals surface area contributed by atoms with Gasteiger partial charge < -0.3 is 0 Å². The number of benzene rings is 1. The van der Waals surface area contributed by atoms with E-state index in [1.54, 1.807) is 31.2 Å². The van der Waals surface area contributed by atoms with E-state index < -0.39 is 0 Å². The molecule has 1 amide bonds. The average Bonchev–Trinajstić information content (AvgIpc) is 2.65. The summed E-state index contributed by atoms with van der Waals surface area (Å²) in [5.41, 5.74) is 0.539. The van der Waals surface area contributed by atoms with E-state index in [0.29, 0.717) is 21.5 Å². The molecule has 1 aromatic carbocycles. The van der Waals surface area contributed by atoms with Gasteiger partial charge in [0.1, 0.15) is 5.82 Å². The van der Waals surface area contributed by atoms with E-state index in [0.717, 1.165) is 11.5 Å². The molecule has 0 fully saturated rings. The number of hydrogen-bond acceptors (Lipinski definition) is 4. The summed E-state index contributed by atoms with van der Waals surface area (Å²) in [6.07, 6.45) is 0. The number of aryl methyl sites for hydroxylation is 1. The summed E-state index contributed by atoms with van der Waals surface area (Å²) in [5.74, 6) is 0.434. The Morgan fingerprint density at radius 1 is 1.38 bits per heavy atom. The second-order valence-corrected chi connectivity index (χ2v) is 4.30. The highest BCUT2D eigenvalue weighted by Gasteiger charge is 2.08. The van der Waals surface area contributed by atoms with Crippen LogP contribution < -0.4 is 5.32 Å². The summed E-state index contributed by atoms with van der Waals surface area (Å²) in [7, 11) is 0. The SMILES string of the molecule is Cc1nsc(NC(=O)c2ccc(Cl)cc2)n1. The van der Waals surface area contributed by atoms with Gasteiger partial charge in [0.2, 0.25) is 5.13 Å². The molecule has 0 saturated heterocycles. The molecule has 0 radical (unpaired) electrons. The molecule has 0 aliphatic carbocycles. The van der Waals surface area contributed by atoms with Gasteiger partial charge in [0.15, 0.2) is 0 Å². The summed E-state index contributed by atoms with van der Waals surface area (Å²) < 4.78 is 3.97. The number of amides is 1. The molecule has 0 aliphatic heterocycles. The third-order valence-corrected chi connectivity index (χ3v) is 2.83. The smallest absolute Gasteiger partial charge is 0.257 e. The summed E-state index contributed by atoms with van der Waals surface area (Å²) in [4.78, 5) is 15.8. The molecule has 0 saturated carbocycles. The summed E-state index contributed by atoms with van der Waals surface area (Å²) >= 11 is 6.88. The van der Waals surface area contributed by atoms with Crippen LogP contribution in [0.2, 0.25) is 5.02 Å². The third-order valence-electron chi connectivity index (χ3n) is 1.85. The van der Waals surface area contributed by atoms with E-state index in [2.05, 4.69) is 14.7 Å². The van der Waals surface area contributed by atoms with Crippen LogP contribution in [0, 0.1) is 6.92 Å². The third kappa shape index (κ3) is 2.56. The zero-order valence-electron chi connectivity index (χ0n) is 8.40. The minimum Gasteiger partial charge on any atom is -0.297 e. The lowest BCUT2D eigenvalue weighted by molar-refractivity contribution is 0.102. The first-order valence-corrected chi connectivity index (χ1v) is 5.67. The van der Waals surface area contributed by atoms with Crippen LogP contribution in [0.4, 0.5) is 5.13 Å². The number of halogens is 1. The van der Waals surface area contributed by atoms with Crippen molar-refractivity contribution in [2.24, 2.45) is 0 Å². The Labute approximate surface area is 101 Å². The van der Waals surface area contributed by atoms with Crippen molar-refractivity contribution in [3.05, 3.63) is 40.7 Å². The largest absolute Gasteiger partial charge is 0.297 e. The first-order valence-electron chi connectivity index (χ1n) is 4.52. The maximum atomic E-state index is 11.7. The van der Waals surface area contributed by atoms with Gasteiger partial charge in [-0.3, -0.25) is 10.1 Å². The van der Waals surface area contributed by atoms with E-state index in [4.69, 9.17) is 11.6 Å².